The molecule has 3 unspecified atom stereocenters. The van der Waals surface area contributed by atoms with Gasteiger partial charge in [0.25, 0.3) is 11.8 Å². The monoisotopic (exact) mass is 444 g/mol. The maximum atomic E-state index is 12.6. The minimum absolute atomic E-state index is 0.0280. The molecule has 7 heteroatoms. The number of likely N-dealkylation sites (N-methyl/N-ethyl adjacent to an activating group) is 1. The van der Waals surface area contributed by atoms with Crippen LogP contribution in [0.1, 0.15) is 57.3 Å². The number of nitrogens with zero attached hydrogens (tertiary/aromatic N) is 3. The fourth-order valence-electron chi connectivity index (χ4n) is 4.83. The molecule has 2 saturated heterocycles. The van der Waals surface area contributed by atoms with E-state index in [2.05, 4.69) is 42.8 Å². The lowest BCUT2D eigenvalue weighted by Gasteiger charge is -2.38. The minimum atomic E-state index is -0.0809. The Kier molecular flexibility index (Phi) is 8.93. The van der Waals surface area contributed by atoms with Crippen molar-refractivity contribution in [2.45, 2.75) is 65.1 Å². The van der Waals surface area contributed by atoms with E-state index in [9.17, 15) is 9.59 Å². The van der Waals surface area contributed by atoms with Gasteiger partial charge in [-0.05, 0) is 70.8 Å². The van der Waals surface area contributed by atoms with E-state index in [-0.39, 0.29) is 30.5 Å². The summed E-state index contributed by atoms with van der Waals surface area (Å²) in [6.45, 7) is 14.6. The van der Waals surface area contributed by atoms with Crippen molar-refractivity contribution in [3.63, 3.8) is 0 Å². The van der Waals surface area contributed by atoms with Crippen molar-refractivity contribution in [3.8, 4) is 5.75 Å². The molecule has 0 radical (unpaired) electrons. The number of rotatable bonds is 8. The van der Waals surface area contributed by atoms with Gasteiger partial charge in [-0.15, -0.1) is 0 Å². The number of amides is 2. The predicted octanol–water partition coefficient (Wildman–Crippen LogP) is 2.61. The van der Waals surface area contributed by atoms with Crippen LogP contribution < -0.4 is 10.1 Å². The minimum Gasteiger partial charge on any atom is -0.484 e. The molecule has 32 heavy (non-hydrogen) atoms. The average molecular weight is 445 g/mol. The van der Waals surface area contributed by atoms with Crippen molar-refractivity contribution in [2.24, 2.45) is 0 Å². The topological polar surface area (TPSA) is 65.1 Å². The van der Waals surface area contributed by atoms with E-state index in [1.54, 1.807) is 24.3 Å². The zero-order valence-corrected chi connectivity index (χ0v) is 20.2. The molecule has 1 N–H and O–H groups in total. The summed E-state index contributed by atoms with van der Waals surface area (Å²) in [7, 11) is 0. The Balaban J connectivity index is 1.42. The highest BCUT2D eigenvalue weighted by Crippen LogP contribution is 2.23. The largest absolute Gasteiger partial charge is 0.484 e. The molecule has 3 rings (SSSR count). The summed E-state index contributed by atoms with van der Waals surface area (Å²) in [5, 5.41) is 3.05. The highest BCUT2D eigenvalue weighted by molar-refractivity contribution is 5.94. The summed E-state index contributed by atoms with van der Waals surface area (Å²) in [5.74, 6) is 0.553. The van der Waals surface area contributed by atoms with Gasteiger partial charge in [-0.3, -0.25) is 14.5 Å². The molecule has 3 atom stereocenters. The normalized spacial score (nSPS) is 23.6. The van der Waals surface area contributed by atoms with Gasteiger partial charge in [0.1, 0.15) is 5.75 Å². The molecule has 0 spiro atoms. The van der Waals surface area contributed by atoms with Crippen molar-refractivity contribution >= 4 is 11.8 Å². The van der Waals surface area contributed by atoms with Gasteiger partial charge in [-0.2, -0.15) is 0 Å². The first kappa shape index (κ1) is 24.5. The van der Waals surface area contributed by atoms with E-state index in [1.165, 1.54) is 6.42 Å². The molecule has 7 nitrogen and oxygen atoms in total. The number of carbonyl (C=O) groups is 2. The van der Waals surface area contributed by atoms with Gasteiger partial charge >= 0.3 is 0 Å². The molecule has 1 aromatic rings. The van der Waals surface area contributed by atoms with E-state index in [4.69, 9.17) is 4.74 Å². The Labute approximate surface area is 193 Å². The Morgan fingerprint density at radius 3 is 2.28 bits per heavy atom. The standard InChI is InChI=1S/C25H40N4O3/c1-5-27-13-15-28(16-14-27)21(4)17-26-25(31)22-9-11-23(12-10-22)32-18-24(30)29-19(2)7-6-8-20(29)3/h9-12,19-21H,5-8,13-18H2,1-4H3,(H,26,31). The van der Waals surface area contributed by atoms with Crippen LogP contribution in [-0.4, -0.2) is 90.5 Å². The van der Waals surface area contributed by atoms with Crippen molar-refractivity contribution in [1.29, 1.82) is 0 Å². The molecule has 178 valence electrons. The Morgan fingerprint density at radius 1 is 1.06 bits per heavy atom. The third-order valence-corrected chi connectivity index (χ3v) is 7.00. The maximum absolute atomic E-state index is 12.6. The quantitative estimate of drug-likeness (QED) is 0.668. The SMILES string of the molecule is CCN1CCN(C(C)CNC(=O)c2ccc(OCC(=O)N3C(C)CCCC3C)cc2)CC1. The summed E-state index contributed by atoms with van der Waals surface area (Å²) in [6.07, 6.45) is 3.27. The van der Waals surface area contributed by atoms with Gasteiger partial charge in [0.2, 0.25) is 0 Å². The number of hydrogen-bond acceptors (Lipinski definition) is 5. The molecule has 2 heterocycles. The number of ether oxygens (including phenoxy) is 1. The van der Waals surface area contributed by atoms with Gasteiger partial charge < -0.3 is 19.9 Å². The molecule has 2 aliphatic heterocycles. The summed E-state index contributed by atoms with van der Waals surface area (Å²) in [4.78, 5) is 32.0. The summed E-state index contributed by atoms with van der Waals surface area (Å²) < 4.78 is 5.71. The molecule has 2 aliphatic rings. The second kappa shape index (κ2) is 11.7. The molecule has 0 saturated carbocycles. The fraction of sp³-hybridized carbons (Fsp3) is 0.680. The lowest BCUT2D eigenvalue weighted by atomic mass is 9.97. The third-order valence-electron chi connectivity index (χ3n) is 7.00. The fourth-order valence-corrected chi connectivity index (χ4v) is 4.83. The van der Waals surface area contributed by atoms with E-state index < -0.39 is 0 Å². The number of benzene rings is 1. The number of piperazine rings is 1. The maximum Gasteiger partial charge on any atom is 0.260 e. The van der Waals surface area contributed by atoms with Crippen LogP contribution in [0.15, 0.2) is 24.3 Å². The van der Waals surface area contributed by atoms with Crippen molar-refractivity contribution in [2.75, 3.05) is 45.9 Å². The second-order valence-corrected chi connectivity index (χ2v) is 9.27. The Hall–Kier alpha value is -2.12. The highest BCUT2D eigenvalue weighted by Gasteiger charge is 2.29. The lowest BCUT2D eigenvalue weighted by molar-refractivity contribution is -0.139. The zero-order chi connectivity index (χ0) is 23.1. The van der Waals surface area contributed by atoms with Crippen LogP contribution in [0.25, 0.3) is 0 Å². The van der Waals surface area contributed by atoms with Crippen LogP contribution in [0.2, 0.25) is 0 Å². The van der Waals surface area contributed by atoms with Crippen LogP contribution in [0.4, 0.5) is 0 Å². The van der Waals surface area contributed by atoms with E-state index in [0.29, 0.717) is 23.9 Å². The molecule has 2 amide bonds. The van der Waals surface area contributed by atoms with Crippen LogP contribution in [0.5, 0.6) is 5.75 Å². The van der Waals surface area contributed by atoms with Gasteiger partial charge in [0, 0.05) is 56.4 Å². The molecule has 0 aliphatic carbocycles. The number of piperidine rings is 1. The van der Waals surface area contributed by atoms with Crippen molar-refractivity contribution < 1.29 is 14.3 Å². The number of hydrogen-bond donors (Lipinski definition) is 1. The second-order valence-electron chi connectivity index (χ2n) is 9.27. The first-order valence-corrected chi connectivity index (χ1v) is 12.2. The van der Waals surface area contributed by atoms with Crippen molar-refractivity contribution in [1.82, 2.24) is 20.0 Å². The first-order chi connectivity index (χ1) is 15.4. The molecular weight excluding hydrogens is 404 g/mol. The van der Waals surface area contributed by atoms with Crippen LogP contribution in [0, 0.1) is 0 Å². The van der Waals surface area contributed by atoms with Gasteiger partial charge in [-0.25, -0.2) is 0 Å². The number of carbonyl (C=O) groups excluding carboxylic acids is 2. The number of likely N-dealkylation sites (tertiary alicyclic amines) is 1. The molecular formula is C25H40N4O3. The lowest BCUT2D eigenvalue weighted by Crippen LogP contribution is -2.52. The van der Waals surface area contributed by atoms with Crippen molar-refractivity contribution in [3.05, 3.63) is 29.8 Å². The van der Waals surface area contributed by atoms with Gasteiger partial charge in [-0.1, -0.05) is 6.92 Å². The molecule has 1 aromatic carbocycles. The predicted molar refractivity (Wildman–Crippen MR) is 127 cm³/mol. The third kappa shape index (κ3) is 6.45. The van der Waals surface area contributed by atoms with Crippen LogP contribution >= 0.6 is 0 Å². The van der Waals surface area contributed by atoms with Gasteiger partial charge in [0.15, 0.2) is 6.61 Å². The average Bonchev–Trinajstić information content (AvgIpc) is 2.81. The summed E-state index contributed by atoms with van der Waals surface area (Å²) >= 11 is 0. The Bertz CT molecular complexity index is 736. The van der Waals surface area contributed by atoms with Crippen LogP contribution in [0.3, 0.4) is 0 Å². The smallest absolute Gasteiger partial charge is 0.260 e. The summed E-state index contributed by atoms with van der Waals surface area (Å²) in [5.41, 5.74) is 0.602. The van der Waals surface area contributed by atoms with E-state index >= 15 is 0 Å². The Morgan fingerprint density at radius 2 is 1.69 bits per heavy atom. The number of nitrogens with one attached hydrogen (secondary N) is 1. The zero-order valence-electron chi connectivity index (χ0n) is 20.2. The van der Waals surface area contributed by atoms with E-state index in [1.807, 2.05) is 4.90 Å². The highest BCUT2D eigenvalue weighted by atomic mass is 16.5. The summed E-state index contributed by atoms with van der Waals surface area (Å²) in [6, 6.07) is 7.87. The molecule has 2 fully saturated rings. The molecule has 0 aromatic heterocycles. The van der Waals surface area contributed by atoms with E-state index in [0.717, 1.165) is 45.6 Å². The first-order valence-electron chi connectivity index (χ1n) is 12.2. The van der Waals surface area contributed by atoms with Gasteiger partial charge in [0.05, 0.1) is 0 Å². The molecule has 0 bridgehead atoms. The van der Waals surface area contributed by atoms with Crippen LogP contribution in [-0.2, 0) is 4.79 Å².